The Balaban J connectivity index is 1.78. The molecular weight excluding hydrogens is 276 g/mol. The van der Waals surface area contributed by atoms with E-state index >= 15 is 0 Å². The van der Waals surface area contributed by atoms with Crippen molar-refractivity contribution in [3.05, 3.63) is 21.9 Å². The fourth-order valence-electron chi connectivity index (χ4n) is 3.04. The number of fused-ring (bicyclic) bond motifs is 1. The molecule has 3 nitrogen and oxygen atoms in total. The summed E-state index contributed by atoms with van der Waals surface area (Å²) in [6.45, 7) is 2.94. The summed E-state index contributed by atoms with van der Waals surface area (Å²) in [7, 11) is 0. The van der Waals surface area contributed by atoms with Gasteiger partial charge in [0.15, 0.2) is 0 Å². The lowest BCUT2D eigenvalue weighted by Gasteiger charge is -2.38. The molecule has 0 aromatic carbocycles. The molecule has 3 atom stereocenters. The van der Waals surface area contributed by atoms with Gasteiger partial charge in [0, 0.05) is 23.5 Å². The van der Waals surface area contributed by atoms with E-state index in [-0.39, 0.29) is 17.3 Å². The van der Waals surface area contributed by atoms with Crippen LogP contribution in [0.15, 0.2) is 11.4 Å². The van der Waals surface area contributed by atoms with Crippen LogP contribution in [0.25, 0.3) is 0 Å². The van der Waals surface area contributed by atoms with E-state index in [0.717, 1.165) is 31.6 Å². The van der Waals surface area contributed by atoms with E-state index in [0.29, 0.717) is 5.91 Å². The van der Waals surface area contributed by atoms with Gasteiger partial charge < -0.3 is 10.6 Å². The highest BCUT2D eigenvalue weighted by Crippen LogP contribution is 2.41. The van der Waals surface area contributed by atoms with Gasteiger partial charge in [0.1, 0.15) is 5.25 Å². The minimum Gasteiger partial charge on any atom is -0.339 e. The number of amides is 1. The van der Waals surface area contributed by atoms with Gasteiger partial charge in [0.25, 0.3) is 0 Å². The number of likely N-dealkylation sites (tertiary alicyclic amines) is 1. The van der Waals surface area contributed by atoms with Crippen molar-refractivity contribution in [2.24, 2.45) is 5.73 Å². The zero-order valence-electron chi connectivity index (χ0n) is 11.2. The summed E-state index contributed by atoms with van der Waals surface area (Å²) < 4.78 is 0. The summed E-state index contributed by atoms with van der Waals surface area (Å²) in [5.41, 5.74) is 7.24. The summed E-state index contributed by atoms with van der Waals surface area (Å²) in [5.74, 6) is 1.36. The lowest BCUT2D eigenvalue weighted by atomic mass is 9.98. The van der Waals surface area contributed by atoms with E-state index in [9.17, 15) is 4.79 Å². The minimum absolute atomic E-state index is 0.0202. The first kappa shape index (κ1) is 13.5. The van der Waals surface area contributed by atoms with E-state index < -0.39 is 0 Å². The molecule has 3 rings (SSSR count). The summed E-state index contributed by atoms with van der Waals surface area (Å²) in [5, 5.41) is 2.14. The number of carbonyl (C=O) groups is 1. The Bertz CT molecular complexity index is 474. The van der Waals surface area contributed by atoms with Gasteiger partial charge in [-0.15, -0.1) is 23.1 Å². The first-order chi connectivity index (χ1) is 9.16. The van der Waals surface area contributed by atoms with E-state index in [1.165, 1.54) is 10.4 Å². The van der Waals surface area contributed by atoms with Crippen LogP contribution in [0.4, 0.5) is 0 Å². The molecule has 1 aromatic heterocycles. The molecule has 3 heterocycles. The number of piperidine rings is 1. The van der Waals surface area contributed by atoms with Crippen LogP contribution >= 0.6 is 23.1 Å². The van der Waals surface area contributed by atoms with Crippen molar-refractivity contribution < 1.29 is 4.79 Å². The predicted octanol–water partition coefficient (Wildman–Crippen LogP) is 2.42. The molecule has 1 fully saturated rings. The molecule has 1 aromatic rings. The second-order valence-electron chi connectivity index (χ2n) is 5.47. The lowest BCUT2D eigenvalue weighted by molar-refractivity contribution is -0.134. The Morgan fingerprint density at radius 2 is 2.37 bits per heavy atom. The third kappa shape index (κ3) is 2.56. The first-order valence-corrected chi connectivity index (χ1v) is 8.83. The Morgan fingerprint density at radius 1 is 1.53 bits per heavy atom. The third-order valence-electron chi connectivity index (χ3n) is 4.10. The first-order valence-electron chi connectivity index (χ1n) is 6.90. The molecule has 5 heteroatoms. The Hall–Kier alpha value is -0.520. The molecule has 0 unspecified atom stereocenters. The van der Waals surface area contributed by atoms with Crippen molar-refractivity contribution in [2.75, 3.05) is 12.3 Å². The molecule has 2 N–H and O–H groups in total. The minimum atomic E-state index is 0.0202. The average molecular weight is 296 g/mol. The maximum atomic E-state index is 12.8. The number of rotatable bonds is 1. The van der Waals surface area contributed by atoms with Crippen LogP contribution in [-0.2, 0) is 11.2 Å². The van der Waals surface area contributed by atoms with E-state index in [4.69, 9.17) is 5.73 Å². The van der Waals surface area contributed by atoms with Crippen LogP contribution < -0.4 is 5.73 Å². The topological polar surface area (TPSA) is 46.3 Å². The van der Waals surface area contributed by atoms with Gasteiger partial charge in [-0.25, -0.2) is 0 Å². The highest BCUT2D eigenvalue weighted by molar-refractivity contribution is 8.00. The highest BCUT2D eigenvalue weighted by atomic mass is 32.2. The molecule has 1 amide bonds. The van der Waals surface area contributed by atoms with Crippen molar-refractivity contribution in [1.82, 2.24) is 4.90 Å². The highest BCUT2D eigenvalue weighted by Gasteiger charge is 2.35. The van der Waals surface area contributed by atoms with Crippen molar-refractivity contribution >= 4 is 29.0 Å². The van der Waals surface area contributed by atoms with Gasteiger partial charge in [0.2, 0.25) is 5.91 Å². The number of hydrogen-bond donors (Lipinski definition) is 1. The zero-order valence-corrected chi connectivity index (χ0v) is 12.8. The van der Waals surface area contributed by atoms with Crippen LogP contribution in [0, 0.1) is 0 Å². The van der Waals surface area contributed by atoms with Crippen molar-refractivity contribution in [2.45, 2.75) is 43.5 Å². The lowest BCUT2D eigenvalue weighted by Crippen LogP contribution is -2.49. The molecule has 2 aliphatic heterocycles. The van der Waals surface area contributed by atoms with Gasteiger partial charge in [-0.05, 0) is 48.9 Å². The van der Waals surface area contributed by atoms with E-state index in [1.54, 1.807) is 23.1 Å². The molecule has 19 heavy (non-hydrogen) atoms. The number of thiophene rings is 1. The second kappa shape index (κ2) is 5.46. The molecule has 0 spiro atoms. The Labute approximate surface area is 122 Å². The second-order valence-corrected chi connectivity index (χ2v) is 7.68. The maximum Gasteiger partial charge on any atom is 0.240 e. The third-order valence-corrected chi connectivity index (χ3v) is 6.33. The maximum absolute atomic E-state index is 12.8. The Kier molecular flexibility index (Phi) is 3.87. The summed E-state index contributed by atoms with van der Waals surface area (Å²) in [6.07, 6.45) is 2.98. The monoisotopic (exact) mass is 296 g/mol. The van der Waals surface area contributed by atoms with E-state index in [1.807, 2.05) is 4.90 Å². The van der Waals surface area contributed by atoms with Crippen molar-refractivity contribution in [3.8, 4) is 0 Å². The van der Waals surface area contributed by atoms with Gasteiger partial charge in [-0.3, -0.25) is 4.79 Å². The van der Waals surface area contributed by atoms with Crippen LogP contribution in [0.5, 0.6) is 0 Å². The van der Waals surface area contributed by atoms with Crippen LogP contribution in [0.2, 0.25) is 0 Å². The van der Waals surface area contributed by atoms with Gasteiger partial charge in [-0.2, -0.15) is 0 Å². The standard InChI is InChI=1S/C14H20N2OS2/c1-9-8-10(15)2-5-16(9)14(17)13-11-3-6-18-12(11)4-7-19-13/h3,6,9-10,13H,2,4-5,7-8,15H2,1H3/t9-,10+,13+/m1/s1. The SMILES string of the molecule is C[C@@H]1C[C@@H](N)CCN1C(=O)[C@H]1SCCc2sccc21. The van der Waals surface area contributed by atoms with Gasteiger partial charge in [0.05, 0.1) is 0 Å². The quantitative estimate of drug-likeness (QED) is 0.865. The van der Waals surface area contributed by atoms with Crippen LogP contribution in [0.3, 0.4) is 0 Å². The molecule has 0 aliphatic carbocycles. The molecular formula is C14H20N2OS2. The molecule has 104 valence electrons. The van der Waals surface area contributed by atoms with Crippen LogP contribution in [0.1, 0.15) is 35.5 Å². The van der Waals surface area contributed by atoms with Crippen LogP contribution in [-0.4, -0.2) is 35.2 Å². The molecule has 0 radical (unpaired) electrons. The van der Waals surface area contributed by atoms with E-state index in [2.05, 4.69) is 18.4 Å². The summed E-state index contributed by atoms with van der Waals surface area (Å²) in [6, 6.07) is 2.67. The summed E-state index contributed by atoms with van der Waals surface area (Å²) in [4.78, 5) is 16.3. The molecule has 0 saturated carbocycles. The number of aryl methyl sites for hydroxylation is 1. The number of thioether (sulfide) groups is 1. The summed E-state index contributed by atoms with van der Waals surface area (Å²) >= 11 is 3.59. The molecule has 1 saturated heterocycles. The number of nitrogens with two attached hydrogens (primary N) is 1. The normalized spacial score (nSPS) is 31.1. The molecule has 0 bridgehead atoms. The zero-order chi connectivity index (χ0) is 13.4. The molecule has 2 aliphatic rings. The van der Waals surface area contributed by atoms with Gasteiger partial charge in [-0.1, -0.05) is 0 Å². The smallest absolute Gasteiger partial charge is 0.240 e. The average Bonchev–Trinajstić information content (AvgIpc) is 2.86. The number of nitrogens with zero attached hydrogens (tertiary/aromatic N) is 1. The number of carbonyl (C=O) groups excluding carboxylic acids is 1. The Morgan fingerprint density at radius 3 is 3.16 bits per heavy atom. The van der Waals surface area contributed by atoms with Crippen molar-refractivity contribution in [3.63, 3.8) is 0 Å². The van der Waals surface area contributed by atoms with Gasteiger partial charge >= 0.3 is 0 Å². The predicted molar refractivity (Wildman–Crippen MR) is 81.6 cm³/mol. The number of hydrogen-bond acceptors (Lipinski definition) is 4. The largest absolute Gasteiger partial charge is 0.339 e. The van der Waals surface area contributed by atoms with Crippen molar-refractivity contribution in [1.29, 1.82) is 0 Å². The fourth-order valence-corrected chi connectivity index (χ4v) is 5.40. The fraction of sp³-hybridized carbons (Fsp3) is 0.643.